The Labute approximate surface area is 83.0 Å². The van der Waals surface area contributed by atoms with Crippen molar-refractivity contribution >= 4 is 0 Å². The number of hydrogen-bond donors (Lipinski definition) is 2. The maximum absolute atomic E-state index is 9.61. The molecule has 0 amide bonds. The van der Waals surface area contributed by atoms with Crippen LogP contribution < -0.4 is 4.74 Å². The summed E-state index contributed by atoms with van der Waals surface area (Å²) in [6.45, 7) is 3.79. The molecule has 0 radical (unpaired) electrons. The van der Waals surface area contributed by atoms with Gasteiger partial charge in [-0.1, -0.05) is 0 Å². The summed E-state index contributed by atoms with van der Waals surface area (Å²) in [6, 6.07) is 1.38. The molecule has 1 aliphatic rings. The van der Waals surface area contributed by atoms with Crippen LogP contribution in [0.25, 0.3) is 0 Å². The number of hydrogen-bond acceptors (Lipinski definition) is 3. The number of phenols is 2. The van der Waals surface area contributed by atoms with Gasteiger partial charge in [-0.15, -0.1) is 0 Å². The Kier molecular flexibility index (Phi) is 2.02. The summed E-state index contributed by atoms with van der Waals surface area (Å²) in [5.41, 5.74) is 1.53. The van der Waals surface area contributed by atoms with E-state index in [0.717, 1.165) is 18.4 Å². The molecule has 2 N–H and O–H groups in total. The Morgan fingerprint density at radius 3 is 2.79 bits per heavy atom. The van der Waals surface area contributed by atoms with Crippen molar-refractivity contribution in [1.29, 1.82) is 0 Å². The van der Waals surface area contributed by atoms with Gasteiger partial charge in [-0.2, -0.15) is 0 Å². The largest absolute Gasteiger partial charge is 0.507 e. The highest BCUT2D eigenvalue weighted by Gasteiger charge is 2.22. The van der Waals surface area contributed by atoms with Gasteiger partial charge >= 0.3 is 0 Å². The van der Waals surface area contributed by atoms with E-state index in [0.29, 0.717) is 11.3 Å². The molecule has 76 valence electrons. The molecule has 0 aromatic heterocycles. The Morgan fingerprint density at radius 1 is 1.36 bits per heavy atom. The Bertz CT molecular complexity index is 371. The van der Waals surface area contributed by atoms with E-state index in [1.54, 1.807) is 6.92 Å². The Balaban J connectivity index is 2.57. The van der Waals surface area contributed by atoms with Crippen molar-refractivity contribution < 1.29 is 14.9 Å². The molecule has 1 heterocycles. The predicted molar refractivity (Wildman–Crippen MR) is 52.9 cm³/mol. The minimum Gasteiger partial charge on any atom is -0.507 e. The van der Waals surface area contributed by atoms with Crippen LogP contribution in [-0.4, -0.2) is 16.3 Å². The van der Waals surface area contributed by atoms with Crippen LogP contribution in [-0.2, 0) is 6.42 Å². The van der Waals surface area contributed by atoms with Gasteiger partial charge in [-0.05, 0) is 26.7 Å². The summed E-state index contributed by atoms with van der Waals surface area (Å²) in [4.78, 5) is 0. The molecule has 3 heteroatoms. The monoisotopic (exact) mass is 194 g/mol. The van der Waals surface area contributed by atoms with Crippen LogP contribution >= 0.6 is 0 Å². The number of benzene rings is 1. The number of rotatable bonds is 0. The van der Waals surface area contributed by atoms with E-state index < -0.39 is 0 Å². The normalized spacial score (nSPS) is 20.0. The standard InChI is InChI=1S/C11H14O3/c1-6-3-4-8-10(13)5-9(12)7(2)11(8)14-6/h5-6,12-13H,3-4H2,1-2H3. The molecule has 0 fully saturated rings. The van der Waals surface area contributed by atoms with E-state index in [1.807, 2.05) is 6.92 Å². The minimum atomic E-state index is 0.0929. The third-order valence-electron chi connectivity index (χ3n) is 2.70. The fourth-order valence-corrected chi connectivity index (χ4v) is 1.79. The quantitative estimate of drug-likeness (QED) is 0.665. The lowest BCUT2D eigenvalue weighted by atomic mass is 9.98. The first-order chi connectivity index (χ1) is 6.59. The smallest absolute Gasteiger partial charge is 0.133 e. The van der Waals surface area contributed by atoms with Gasteiger partial charge in [-0.25, -0.2) is 0 Å². The summed E-state index contributed by atoms with van der Waals surface area (Å²) in [5, 5.41) is 19.1. The molecule has 0 spiro atoms. The third-order valence-corrected chi connectivity index (χ3v) is 2.70. The average Bonchev–Trinajstić information content (AvgIpc) is 2.14. The van der Waals surface area contributed by atoms with Crippen molar-refractivity contribution in [3.05, 3.63) is 17.2 Å². The summed E-state index contributed by atoms with van der Waals surface area (Å²) in [5.74, 6) is 0.881. The Morgan fingerprint density at radius 2 is 2.07 bits per heavy atom. The second-order valence-corrected chi connectivity index (χ2v) is 3.81. The lowest BCUT2D eigenvalue weighted by molar-refractivity contribution is 0.188. The summed E-state index contributed by atoms with van der Waals surface area (Å²) in [6.07, 6.45) is 1.87. The number of phenolic OH excluding ortho intramolecular Hbond substituents is 2. The molecule has 2 rings (SSSR count). The van der Waals surface area contributed by atoms with Crippen LogP contribution in [0.15, 0.2) is 6.07 Å². The van der Waals surface area contributed by atoms with E-state index in [2.05, 4.69) is 0 Å². The van der Waals surface area contributed by atoms with Gasteiger partial charge in [0.15, 0.2) is 0 Å². The SMILES string of the molecule is Cc1c(O)cc(O)c2c1OC(C)CC2. The first-order valence-electron chi connectivity index (χ1n) is 4.80. The maximum atomic E-state index is 9.61. The van der Waals surface area contributed by atoms with Crippen LogP contribution in [0.4, 0.5) is 0 Å². The van der Waals surface area contributed by atoms with E-state index in [9.17, 15) is 10.2 Å². The molecular weight excluding hydrogens is 180 g/mol. The van der Waals surface area contributed by atoms with Crippen LogP contribution in [0.5, 0.6) is 17.2 Å². The molecular formula is C11H14O3. The average molecular weight is 194 g/mol. The lowest BCUT2D eigenvalue weighted by Crippen LogP contribution is -2.19. The zero-order chi connectivity index (χ0) is 10.3. The molecule has 0 bridgehead atoms. The molecule has 3 nitrogen and oxygen atoms in total. The van der Waals surface area contributed by atoms with Crippen molar-refractivity contribution in [3.63, 3.8) is 0 Å². The summed E-state index contributed by atoms with van der Waals surface area (Å²) >= 11 is 0. The van der Waals surface area contributed by atoms with Crippen molar-refractivity contribution in [2.24, 2.45) is 0 Å². The molecule has 14 heavy (non-hydrogen) atoms. The van der Waals surface area contributed by atoms with Gasteiger partial charge in [0.2, 0.25) is 0 Å². The summed E-state index contributed by atoms with van der Waals surface area (Å²) < 4.78 is 5.60. The highest BCUT2D eigenvalue weighted by Crippen LogP contribution is 2.41. The molecule has 1 aromatic rings. The van der Waals surface area contributed by atoms with Gasteiger partial charge < -0.3 is 14.9 Å². The topological polar surface area (TPSA) is 49.7 Å². The Hall–Kier alpha value is -1.38. The van der Waals surface area contributed by atoms with E-state index in [1.165, 1.54) is 6.07 Å². The van der Waals surface area contributed by atoms with Crippen molar-refractivity contribution in [1.82, 2.24) is 0 Å². The van der Waals surface area contributed by atoms with E-state index >= 15 is 0 Å². The van der Waals surface area contributed by atoms with Crippen LogP contribution in [0.2, 0.25) is 0 Å². The minimum absolute atomic E-state index is 0.0929. The molecule has 1 atom stereocenters. The molecule has 0 saturated carbocycles. The fraction of sp³-hybridized carbons (Fsp3) is 0.455. The maximum Gasteiger partial charge on any atom is 0.133 e. The van der Waals surface area contributed by atoms with Gasteiger partial charge in [-0.3, -0.25) is 0 Å². The van der Waals surface area contributed by atoms with Gasteiger partial charge in [0.1, 0.15) is 17.2 Å². The first-order valence-corrected chi connectivity index (χ1v) is 4.80. The zero-order valence-electron chi connectivity index (χ0n) is 8.37. The van der Waals surface area contributed by atoms with Crippen molar-refractivity contribution in [2.75, 3.05) is 0 Å². The van der Waals surface area contributed by atoms with E-state index in [-0.39, 0.29) is 17.6 Å². The third kappa shape index (κ3) is 1.29. The molecule has 1 unspecified atom stereocenters. The molecule has 0 aliphatic carbocycles. The number of fused-ring (bicyclic) bond motifs is 1. The van der Waals surface area contributed by atoms with Crippen LogP contribution in [0.1, 0.15) is 24.5 Å². The lowest BCUT2D eigenvalue weighted by Gasteiger charge is -2.25. The van der Waals surface area contributed by atoms with Crippen LogP contribution in [0.3, 0.4) is 0 Å². The number of ether oxygens (including phenoxy) is 1. The van der Waals surface area contributed by atoms with Crippen molar-refractivity contribution in [2.45, 2.75) is 32.8 Å². The molecule has 1 aromatic carbocycles. The van der Waals surface area contributed by atoms with Crippen LogP contribution in [0, 0.1) is 6.92 Å². The second-order valence-electron chi connectivity index (χ2n) is 3.81. The highest BCUT2D eigenvalue weighted by atomic mass is 16.5. The highest BCUT2D eigenvalue weighted by molar-refractivity contribution is 5.56. The van der Waals surface area contributed by atoms with Gasteiger partial charge in [0, 0.05) is 17.2 Å². The van der Waals surface area contributed by atoms with E-state index in [4.69, 9.17) is 4.74 Å². The van der Waals surface area contributed by atoms with Gasteiger partial charge in [0.05, 0.1) is 6.10 Å². The fourth-order valence-electron chi connectivity index (χ4n) is 1.79. The van der Waals surface area contributed by atoms with Crippen molar-refractivity contribution in [3.8, 4) is 17.2 Å². The zero-order valence-corrected chi connectivity index (χ0v) is 8.37. The molecule has 1 aliphatic heterocycles. The number of aromatic hydroxyl groups is 2. The second kappa shape index (κ2) is 3.08. The van der Waals surface area contributed by atoms with Gasteiger partial charge in [0.25, 0.3) is 0 Å². The molecule has 0 saturated heterocycles. The summed E-state index contributed by atoms with van der Waals surface area (Å²) in [7, 11) is 0. The first kappa shape index (κ1) is 9.19. The predicted octanol–water partition coefficient (Wildman–Crippen LogP) is 2.12.